The quantitative estimate of drug-likeness (QED) is 0.758. The van der Waals surface area contributed by atoms with Gasteiger partial charge in [0.2, 0.25) is 0 Å². The summed E-state index contributed by atoms with van der Waals surface area (Å²) < 4.78 is 7.24. The molecule has 7 nitrogen and oxygen atoms in total. The van der Waals surface area contributed by atoms with E-state index in [4.69, 9.17) is 4.74 Å². The van der Waals surface area contributed by atoms with E-state index in [9.17, 15) is 9.59 Å². The highest BCUT2D eigenvalue weighted by Gasteiger charge is 2.20. The van der Waals surface area contributed by atoms with Crippen LogP contribution in [0.5, 0.6) is 0 Å². The number of hydrogen-bond donors (Lipinski definition) is 2. The third-order valence-electron chi connectivity index (χ3n) is 4.88. The van der Waals surface area contributed by atoms with Crippen LogP contribution in [0, 0.1) is 0 Å². The lowest BCUT2D eigenvalue weighted by Crippen LogP contribution is -2.33. The summed E-state index contributed by atoms with van der Waals surface area (Å²) in [5, 5.41) is 9.88. The van der Waals surface area contributed by atoms with Crippen LogP contribution in [0.1, 0.15) is 61.1 Å². The van der Waals surface area contributed by atoms with Gasteiger partial charge in [-0.3, -0.25) is 4.68 Å². The van der Waals surface area contributed by atoms with E-state index >= 15 is 0 Å². The molecule has 2 amide bonds. The molecule has 1 aliphatic rings. The minimum atomic E-state index is -0.305. The van der Waals surface area contributed by atoms with Gasteiger partial charge >= 0.3 is 12.0 Å². The van der Waals surface area contributed by atoms with E-state index in [1.807, 2.05) is 20.0 Å². The number of rotatable bonds is 6. The van der Waals surface area contributed by atoms with Gasteiger partial charge in [-0.25, -0.2) is 9.59 Å². The Kier molecular flexibility index (Phi) is 6.11. The predicted octanol–water partition coefficient (Wildman–Crippen LogP) is 3.79. The highest BCUT2D eigenvalue weighted by Crippen LogP contribution is 2.22. The number of urea groups is 1. The molecule has 1 atom stereocenters. The molecular weight excluding hydrogens is 344 g/mol. The highest BCUT2D eigenvalue weighted by molar-refractivity contribution is 5.92. The normalized spacial score (nSPS) is 15.3. The Morgan fingerprint density at radius 2 is 1.93 bits per heavy atom. The lowest BCUT2D eigenvalue weighted by atomic mass is 10.1. The number of aromatic nitrogens is 2. The second-order valence-electron chi connectivity index (χ2n) is 6.83. The fourth-order valence-corrected chi connectivity index (χ4v) is 3.35. The lowest BCUT2D eigenvalue weighted by Gasteiger charge is -2.18. The maximum Gasteiger partial charge on any atom is 0.338 e. The van der Waals surface area contributed by atoms with Crippen molar-refractivity contribution >= 4 is 17.7 Å². The van der Waals surface area contributed by atoms with Gasteiger partial charge in [-0.2, -0.15) is 5.10 Å². The van der Waals surface area contributed by atoms with E-state index in [-0.39, 0.29) is 24.1 Å². The van der Waals surface area contributed by atoms with Gasteiger partial charge in [0.15, 0.2) is 0 Å². The molecule has 2 N–H and O–H groups in total. The number of ether oxygens (including phenoxy) is 1. The number of carbonyl (C=O) groups excluding carboxylic acids is 2. The van der Waals surface area contributed by atoms with Crippen LogP contribution in [-0.2, 0) is 11.8 Å². The van der Waals surface area contributed by atoms with Crippen molar-refractivity contribution in [3.8, 4) is 0 Å². The predicted molar refractivity (Wildman–Crippen MR) is 103 cm³/mol. The Hall–Kier alpha value is -2.83. The Labute approximate surface area is 159 Å². The standard InChI is InChI=1S/C20H26N4O3/c1-3-17(18-12-13-21-24(18)2)23-20(26)22-15-10-8-14(9-11-15)19(25)27-16-6-4-5-7-16/h8-13,16-17H,3-7H2,1-2H3,(H2,22,23,26)/t17-/m1/s1. The third-order valence-corrected chi connectivity index (χ3v) is 4.88. The molecule has 144 valence electrons. The fraction of sp³-hybridized carbons (Fsp3) is 0.450. The highest BCUT2D eigenvalue weighted by atomic mass is 16.5. The Balaban J connectivity index is 1.54. The molecule has 0 saturated heterocycles. The van der Waals surface area contributed by atoms with E-state index < -0.39 is 0 Å². The number of amides is 2. The van der Waals surface area contributed by atoms with Gasteiger partial charge in [-0.1, -0.05) is 6.92 Å². The number of nitrogens with one attached hydrogen (secondary N) is 2. The van der Waals surface area contributed by atoms with Crippen LogP contribution < -0.4 is 10.6 Å². The van der Waals surface area contributed by atoms with Gasteiger partial charge in [0.25, 0.3) is 0 Å². The molecule has 3 rings (SSSR count). The molecule has 0 unspecified atom stereocenters. The number of hydrogen-bond acceptors (Lipinski definition) is 4. The van der Waals surface area contributed by atoms with Crippen molar-refractivity contribution in [2.75, 3.05) is 5.32 Å². The zero-order valence-corrected chi connectivity index (χ0v) is 15.8. The molecule has 2 aromatic rings. The molecule has 1 saturated carbocycles. The lowest BCUT2D eigenvalue weighted by molar-refractivity contribution is 0.0318. The first-order valence-electron chi connectivity index (χ1n) is 9.43. The van der Waals surface area contributed by atoms with Crippen molar-refractivity contribution in [3.63, 3.8) is 0 Å². The largest absolute Gasteiger partial charge is 0.459 e. The molecular formula is C20H26N4O3. The van der Waals surface area contributed by atoms with Gasteiger partial charge in [0.1, 0.15) is 6.10 Å². The summed E-state index contributed by atoms with van der Waals surface area (Å²) in [5.74, 6) is -0.305. The second-order valence-corrected chi connectivity index (χ2v) is 6.83. The number of anilines is 1. The van der Waals surface area contributed by atoms with Crippen LogP contribution in [0.4, 0.5) is 10.5 Å². The number of aryl methyl sites for hydroxylation is 1. The Bertz CT molecular complexity index is 779. The molecule has 1 aromatic heterocycles. The van der Waals surface area contributed by atoms with Crippen molar-refractivity contribution < 1.29 is 14.3 Å². The van der Waals surface area contributed by atoms with Crippen LogP contribution >= 0.6 is 0 Å². The van der Waals surface area contributed by atoms with Crippen LogP contribution in [0.25, 0.3) is 0 Å². The van der Waals surface area contributed by atoms with Gasteiger partial charge in [0.05, 0.1) is 17.3 Å². The van der Waals surface area contributed by atoms with E-state index in [0.717, 1.165) is 37.8 Å². The molecule has 0 radical (unpaired) electrons. The molecule has 1 heterocycles. The van der Waals surface area contributed by atoms with Crippen LogP contribution in [0.2, 0.25) is 0 Å². The number of nitrogens with zero attached hydrogens (tertiary/aromatic N) is 2. The van der Waals surface area contributed by atoms with Crippen molar-refractivity contribution in [2.24, 2.45) is 7.05 Å². The summed E-state index contributed by atoms with van der Waals surface area (Å²) >= 11 is 0. The van der Waals surface area contributed by atoms with E-state index in [0.29, 0.717) is 11.3 Å². The van der Waals surface area contributed by atoms with Gasteiger partial charge < -0.3 is 15.4 Å². The minimum absolute atomic E-state index is 0.0408. The fourth-order valence-electron chi connectivity index (χ4n) is 3.35. The third kappa shape index (κ3) is 4.87. The smallest absolute Gasteiger partial charge is 0.338 e. The molecule has 7 heteroatoms. The average Bonchev–Trinajstić information content (AvgIpc) is 3.32. The first-order chi connectivity index (χ1) is 13.1. The molecule has 0 aliphatic heterocycles. The van der Waals surface area contributed by atoms with Gasteiger partial charge in [0, 0.05) is 18.9 Å². The van der Waals surface area contributed by atoms with Crippen LogP contribution in [0.3, 0.4) is 0 Å². The van der Waals surface area contributed by atoms with E-state index in [2.05, 4.69) is 15.7 Å². The zero-order chi connectivity index (χ0) is 19.2. The first-order valence-corrected chi connectivity index (χ1v) is 9.43. The number of carbonyl (C=O) groups is 2. The Morgan fingerprint density at radius 1 is 1.22 bits per heavy atom. The average molecular weight is 370 g/mol. The van der Waals surface area contributed by atoms with Crippen molar-refractivity contribution in [3.05, 3.63) is 47.8 Å². The molecule has 27 heavy (non-hydrogen) atoms. The summed E-state index contributed by atoms with van der Waals surface area (Å²) in [7, 11) is 1.85. The summed E-state index contributed by atoms with van der Waals surface area (Å²) in [6, 6.07) is 8.21. The molecule has 1 fully saturated rings. The van der Waals surface area contributed by atoms with E-state index in [1.54, 1.807) is 35.1 Å². The van der Waals surface area contributed by atoms with Crippen molar-refractivity contribution in [1.82, 2.24) is 15.1 Å². The maximum atomic E-state index is 12.3. The maximum absolute atomic E-state index is 12.3. The number of benzene rings is 1. The summed E-state index contributed by atoms with van der Waals surface area (Å²) in [6.07, 6.45) is 6.63. The minimum Gasteiger partial charge on any atom is -0.459 e. The Morgan fingerprint density at radius 3 is 2.52 bits per heavy atom. The number of esters is 1. The van der Waals surface area contributed by atoms with Gasteiger partial charge in [-0.05, 0) is 62.4 Å². The van der Waals surface area contributed by atoms with Crippen molar-refractivity contribution in [1.29, 1.82) is 0 Å². The summed E-state index contributed by atoms with van der Waals surface area (Å²) in [4.78, 5) is 24.4. The SMILES string of the molecule is CC[C@@H](NC(=O)Nc1ccc(C(=O)OC2CCCC2)cc1)c1ccnn1C. The summed E-state index contributed by atoms with van der Waals surface area (Å²) in [5.41, 5.74) is 2.05. The van der Waals surface area contributed by atoms with Crippen LogP contribution in [0.15, 0.2) is 36.5 Å². The van der Waals surface area contributed by atoms with Crippen molar-refractivity contribution in [2.45, 2.75) is 51.2 Å². The monoisotopic (exact) mass is 370 g/mol. The van der Waals surface area contributed by atoms with Gasteiger partial charge in [-0.15, -0.1) is 0 Å². The van der Waals surface area contributed by atoms with E-state index in [1.165, 1.54) is 0 Å². The molecule has 0 bridgehead atoms. The first kappa shape index (κ1) is 18.9. The molecule has 1 aromatic carbocycles. The topological polar surface area (TPSA) is 85.2 Å². The summed E-state index contributed by atoms with van der Waals surface area (Å²) in [6.45, 7) is 2.00. The molecule has 0 spiro atoms. The zero-order valence-electron chi connectivity index (χ0n) is 15.8. The second kappa shape index (κ2) is 8.70. The van der Waals surface area contributed by atoms with Crippen LogP contribution in [-0.4, -0.2) is 27.9 Å². The molecule has 1 aliphatic carbocycles.